The van der Waals surface area contributed by atoms with Gasteiger partial charge in [-0.2, -0.15) is 5.26 Å². The number of para-hydroxylation sites is 2. The molecule has 0 bridgehead atoms. The van der Waals surface area contributed by atoms with Crippen molar-refractivity contribution in [1.29, 1.82) is 5.26 Å². The molecule has 0 aliphatic carbocycles. The summed E-state index contributed by atoms with van der Waals surface area (Å²) < 4.78 is 6.99. The summed E-state index contributed by atoms with van der Waals surface area (Å²) in [5, 5.41) is 9.65. The molecule has 0 saturated heterocycles. The minimum atomic E-state index is -0.980. The number of hydrogen-bond donors (Lipinski definition) is 0. The van der Waals surface area contributed by atoms with Crippen molar-refractivity contribution in [2.75, 3.05) is 0 Å². The van der Waals surface area contributed by atoms with Gasteiger partial charge in [0.1, 0.15) is 5.82 Å². The molecule has 1 heterocycles. The maximum absolute atomic E-state index is 12.4. The lowest BCUT2D eigenvalue weighted by atomic mass is 10.0. The van der Waals surface area contributed by atoms with E-state index < -0.39 is 12.0 Å². The molecule has 0 amide bonds. The summed E-state index contributed by atoms with van der Waals surface area (Å²) in [4.78, 5) is 16.8. The normalized spacial score (nSPS) is 13.4. The van der Waals surface area contributed by atoms with Gasteiger partial charge in [0.15, 0.2) is 22.9 Å². The molecule has 2 rings (SSSR count). The summed E-state index contributed by atoms with van der Waals surface area (Å²) in [6, 6.07) is 9.51. The van der Waals surface area contributed by atoms with E-state index in [0.717, 1.165) is 11.0 Å². The number of carbonyl (C=O) groups is 1. The summed E-state index contributed by atoms with van der Waals surface area (Å²) in [7, 11) is 1.79. The zero-order valence-corrected chi connectivity index (χ0v) is 12.8. The fourth-order valence-electron chi connectivity index (χ4n) is 2.21. The highest BCUT2D eigenvalue weighted by atomic mass is 32.1. The summed E-state index contributed by atoms with van der Waals surface area (Å²) in [5.41, 5.74) is 1.63. The van der Waals surface area contributed by atoms with E-state index in [-0.39, 0.29) is 10.8 Å². The van der Waals surface area contributed by atoms with Gasteiger partial charge in [0.25, 0.3) is 0 Å². The van der Waals surface area contributed by atoms with Crippen LogP contribution < -0.4 is 0 Å². The molecule has 2 aromatic rings. The zero-order valence-electron chi connectivity index (χ0n) is 12.0. The summed E-state index contributed by atoms with van der Waals surface area (Å²) in [6.07, 6.45) is -0.771. The van der Waals surface area contributed by atoms with Crippen molar-refractivity contribution in [3.05, 3.63) is 30.1 Å². The average Bonchev–Trinajstić information content (AvgIpc) is 2.77. The maximum atomic E-state index is 12.4. The van der Waals surface area contributed by atoms with E-state index in [1.807, 2.05) is 30.3 Å². The first kappa shape index (κ1) is 15.1. The Morgan fingerprint density at radius 1 is 1.48 bits per heavy atom. The number of benzene rings is 1. The molecule has 1 aromatic carbocycles. The molecule has 2 atom stereocenters. The first-order chi connectivity index (χ1) is 9.95. The van der Waals surface area contributed by atoms with Crippen LogP contribution in [0.3, 0.4) is 0 Å². The van der Waals surface area contributed by atoms with Crippen molar-refractivity contribution in [2.24, 2.45) is 7.05 Å². The van der Waals surface area contributed by atoms with Crippen molar-refractivity contribution in [2.45, 2.75) is 25.9 Å². The summed E-state index contributed by atoms with van der Waals surface area (Å²) in [5.74, 6) is -0.909. The SMILES string of the molecule is CC(=S)OC(C)C(=O)C(C#N)c1nc2ccccc2n1C. The van der Waals surface area contributed by atoms with E-state index in [0.29, 0.717) is 5.82 Å². The third kappa shape index (κ3) is 2.93. The molecule has 0 radical (unpaired) electrons. The van der Waals surface area contributed by atoms with Gasteiger partial charge in [-0.1, -0.05) is 12.1 Å². The van der Waals surface area contributed by atoms with E-state index in [4.69, 9.17) is 17.0 Å². The molecule has 108 valence electrons. The monoisotopic (exact) mass is 301 g/mol. The molecule has 0 N–H and O–H groups in total. The van der Waals surface area contributed by atoms with Crippen LogP contribution in [0, 0.1) is 11.3 Å². The number of hydrogen-bond acceptors (Lipinski definition) is 5. The number of imidazole rings is 1. The third-order valence-corrected chi connectivity index (χ3v) is 3.33. The lowest BCUT2D eigenvalue weighted by Crippen LogP contribution is -2.28. The standard InChI is InChI=1S/C15H15N3O2S/c1-9(20-10(2)21)14(19)11(8-16)15-17-12-6-4-5-7-13(12)18(15)3/h4-7,9,11H,1-3H3. The Morgan fingerprint density at radius 3 is 2.71 bits per heavy atom. The molecule has 1 aromatic heterocycles. The maximum Gasteiger partial charge on any atom is 0.197 e. The quantitative estimate of drug-likeness (QED) is 0.812. The number of nitrogens with zero attached hydrogens (tertiary/aromatic N) is 3. The largest absolute Gasteiger partial charge is 0.477 e. The van der Waals surface area contributed by atoms with E-state index >= 15 is 0 Å². The molecule has 2 unspecified atom stereocenters. The number of fused-ring (bicyclic) bond motifs is 1. The second-order valence-electron chi connectivity index (χ2n) is 4.73. The number of ketones is 1. The molecule has 0 aliphatic heterocycles. The highest BCUT2D eigenvalue weighted by molar-refractivity contribution is 7.80. The van der Waals surface area contributed by atoms with E-state index in [9.17, 15) is 10.1 Å². The molecular formula is C15H15N3O2S. The van der Waals surface area contributed by atoms with Gasteiger partial charge in [-0.05, 0) is 31.3 Å². The summed E-state index contributed by atoms with van der Waals surface area (Å²) in [6.45, 7) is 3.18. The van der Waals surface area contributed by atoms with Crippen LogP contribution in [0.25, 0.3) is 11.0 Å². The molecule has 0 fully saturated rings. The molecule has 6 heteroatoms. The van der Waals surface area contributed by atoms with Gasteiger partial charge >= 0.3 is 0 Å². The van der Waals surface area contributed by atoms with Crippen molar-refractivity contribution < 1.29 is 9.53 Å². The van der Waals surface area contributed by atoms with Gasteiger partial charge in [0.2, 0.25) is 0 Å². The van der Waals surface area contributed by atoms with Crippen LogP contribution in [0.4, 0.5) is 0 Å². The number of ether oxygens (including phenoxy) is 1. The van der Waals surface area contributed by atoms with Crippen LogP contribution in [-0.2, 0) is 16.6 Å². The zero-order chi connectivity index (χ0) is 15.6. The van der Waals surface area contributed by atoms with Crippen LogP contribution in [0.5, 0.6) is 0 Å². The Morgan fingerprint density at radius 2 is 2.14 bits per heavy atom. The van der Waals surface area contributed by atoms with Gasteiger partial charge in [0, 0.05) is 14.0 Å². The average molecular weight is 301 g/mol. The van der Waals surface area contributed by atoms with Crippen molar-refractivity contribution in [3.8, 4) is 6.07 Å². The van der Waals surface area contributed by atoms with Gasteiger partial charge < -0.3 is 9.30 Å². The number of nitriles is 1. The van der Waals surface area contributed by atoms with Gasteiger partial charge in [-0.25, -0.2) is 4.98 Å². The molecule has 0 spiro atoms. The first-order valence-electron chi connectivity index (χ1n) is 6.47. The van der Waals surface area contributed by atoms with Crippen LogP contribution in [-0.4, -0.2) is 26.5 Å². The number of thiocarbonyl (C=S) groups is 1. The highest BCUT2D eigenvalue weighted by Gasteiger charge is 2.30. The minimum absolute atomic E-state index is 0.276. The van der Waals surface area contributed by atoms with Crippen molar-refractivity contribution >= 4 is 34.1 Å². The van der Waals surface area contributed by atoms with Gasteiger partial charge in [-0.15, -0.1) is 0 Å². The number of carbonyl (C=O) groups excluding carboxylic acids is 1. The van der Waals surface area contributed by atoms with E-state index in [2.05, 4.69) is 4.98 Å². The lowest BCUT2D eigenvalue weighted by molar-refractivity contribution is -0.126. The Hall–Kier alpha value is -2.26. The second-order valence-corrected chi connectivity index (χ2v) is 5.31. The van der Waals surface area contributed by atoms with Crippen LogP contribution in [0.2, 0.25) is 0 Å². The number of aryl methyl sites for hydroxylation is 1. The number of Topliss-reactive ketones (excluding diaryl/α,β-unsaturated/α-hetero) is 1. The predicted octanol–water partition coefficient (Wildman–Crippen LogP) is 2.50. The fourth-order valence-corrected chi connectivity index (χ4v) is 2.36. The first-order valence-corrected chi connectivity index (χ1v) is 6.88. The van der Waals surface area contributed by atoms with Crippen LogP contribution in [0.1, 0.15) is 25.6 Å². The number of rotatable bonds is 4. The molecular weight excluding hydrogens is 286 g/mol. The fraction of sp³-hybridized carbons (Fsp3) is 0.333. The van der Waals surface area contributed by atoms with Gasteiger partial charge in [-0.3, -0.25) is 4.79 Å². The van der Waals surface area contributed by atoms with Crippen molar-refractivity contribution in [3.63, 3.8) is 0 Å². The Kier molecular flexibility index (Phi) is 4.34. The smallest absolute Gasteiger partial charge is 0.197 e. The molecule has 5 nitrogen and oxygen atoms in total. The Balaban J connectivity index is 2.40. The van der Waals surface area contributed by atoms with E-state index in [1.165, 1.54) is 0 Å². The lowest BCUT2D eigenvalue weighted by Gasteiger charge is -2.15. The topological polar surface area (TPSA) is 67.9 Å². The Labute approximate surface area is 128 Å². The summed E-state index contributed by atoms with van der Waals surface area (Å²) >= 11 is 4.83. The molecule has 0 aliphatic rings. The van der Waals surface area contributed by atoms with Crippen LogP contribution >= 0.6 is 12.2 Å². The second kappa shape index (κ2) is 6.02. The molecule has 21 heavy (non-hydrogen) atoms. The van der Waals surface area contributed by atoms with E-state index in [1.54, 1.807) is 25.5 Å². The predicted molar refractivity (Wildman–Crippen MR) is 82.9 cm³/mol. The van der Waals surface area contributed by atoms with Crippen LogP contribution in [0.15, 0.2) is 24.3 Å². The third-order valence-electron chi connectivity index (χ3n) is 3.24. The number of aromatic nitrogens is 2. The van der Waals surface area contributed by atoms with Crippen molar-refractivity contribution in [1.82, 2.24) is 9.55 Å². The van der Waals surface area contributed by atoms with Gasteiger partial charge in [0.05, 0.1) is 17.1 Å². The minimum Gasteiger partial charge on any atom is -0.477 e. The molecule has 0 saturated carbocycles. The Bertz CT molecular complexity index is 745. The highest BCUT2D eigenvalue weighted by Crippen LogP contribution is 2.22.